The summed E-state index contributed by atoms with van der Waals surface area (Å²) < 4.78 is 0. The number of aliphatic hydroxyl groups is 1. The van der Waals surface area contributed by atoms with E-state index >= 15 is 9.59 Å². The molecule has 0 saturated carbocycles. The summed E-state index contributed by atoms with van der Waals surface area (Å²) >= 11 is 0. The second-order valence-electron chi connectivity index (χ2n) is 26.5. The van der Waals surface area contributed by atoms with Gasteiger partial charge in [0.2, 0.25) is 65.0 Å². The second kappa shape index (κ2) is 35.0. The van der Waals surface area contributed by atoms with E-state index in [4.69, 9.17) is 0 Å². The number of amides is 11. The monoisotopic (exact) mass is 1220 g/mol. The molecule has 1 saturated heterocycles. The minimum absolute atomic E-state index is 0.0237. The molecule has 1 unspecified atom stereocenters. The fraction of sp³-hybridized carbons (Fsp3) is 0.794. The number of rotatable bonds is 15. The summed E-state index contributed by atoms with van der Waals surface area (Å²) in [7, 11) is 11.4. The highest BCUT2D eigenvalue weighted by Crippen LogP contribution is 2.26. The van der Waals surface area contributed by atoms with Crippen LogP contribution in [0.5, 0.6) is 0 Å². The van der Waals surface area contributed by atoms with Crippen molar-refractivity contribution in [1.29, 1.82) is 0 Å². The average Bonchev–Trinajstić information content (AvgIpc) is 1.52. The number of likely N-dealkylation sites (N-methyl/N-ethyl adjacent to an activating group) is 8. The SMILES string of the molecule is C/C=C/C[C@@H](C)[C@@H](O)C1C(=O)N[C@@H](CC)C(=O)N(C)CC(=O)N(C)[C@@H](CC(C)C)C(=O)N(C)[C@H](C(C)C)C(=O)N(C)[C@@H](CC(C)C)C(=O)N[C@@H](C)C(=O)N[C@H](C)C(=O)N(C)[C@@H](CC(C)C)C(=O)N(C)[C@@H](CC(C)C)C(=O)N(C)[C@@H](C(C)C)C(=O)N1C. The quantitative estimate of drug-likeness (QED) is 0.171. The topological polar surface area (TPSA) is 270 Å². The maximum atomic E-state index is 15.2. The summed E-state index contributed by atoms with van der Waals surface area (Å²) in [6.07, 6.45) is 3.06. The van der Waals surface area contributed by atoms with E-state index in [0.29, 0.717) is 6.42 Å². The van der Waals surface area contributed by atoms with Gasteiger partial charge in [-0.15, -0.1) is 0 Å². The van der Waals surface area contributed by atoms with Crippen molar-refractivity contribution in [2.24, 2.45) is 41.4 Å². The molecule has 0 aromatic heterocycles. The third-order valence-electron chi connectivity index (χ3n) is 16.5. The van der Waals surface area contributed by atoms with Crippen LogP contribution in [0.15, 0.2) is 12.2 Å². The molecule has 23 nitrogen and oxygen atoms in total. The molecule has 0 aromatic rings. The van der Waals surface area contributed by atoms with Crippen molar-refractivity contribution < 1.29 is 57.8 Å². The van der Waals surface area contributed by atoms with E-state index in [9.17, 15) is 48.3 Å². The van der Waals surface area contributed by atoms with Gasteiger partial charge in [0.25, 0.3) is 0 Å². The van der Waals surface area contributed by atoms with Crippen LogP contribution in [0.1, 0.15) is 156 Å². The molecule has 0 radical (unpaired) electrons. The normalized spacial score (nSPS) is 26.9. The zero-order valence-electron chi connectivity index (χ0n) is 57.0. The van der Waals surface area contributed by atoms with Gasteiger partial charge in [-0.2, -0.15) is 0 Å². The van der Waals surface area contributed by atoms with Crippen LogP contribution < -0.4 is 16.0 Å². The number of hydrogen-bond acceptors (Lipinski definition) is 12. The number of hydrogen-bond donors (Lipinski definition) is 4. The third kappa shape index (κ3) is 21.0. The predicted molar refractivity (Wildman–Crippen MR) is 333 cm³/mol. The van der Waals surface area contributed by atoms with Crippen LogP contribution in [0.25, 0.3) is 0 Å². The molecule has 1 rings (SSSR count). The van der Waals surface area contributed by atoms with Gasteiger partial charge in [-0.25, -0.2) is 0 Å². The lowest BCUT2D eigenvalue weighted by Gasteiger charge is -2.41. The Morgan fingerprint density at radius 1 is 0.442 bits per heavy atom. The van der Waals surface area contributed by atoms with E-state index in [1.807, 2.05) is 61.5 Å². The molecular formula is C63H113N11O12. The van der Waals surface area contributed by atoms with E-state index in [1.165, 1.54) is 99.6 Å². The number of carbonyl (C=O) groups excluding carboxylic acids is 11. The number of carbonyl (C=O) groups is 11. The van der Waals surface area contributed by atoms with Gasteiger partial charge in [0.15, 0.2) is 0 Å². The molecule has 1 aliphatic rings. The van der Waals surface area contributed by atoms with Gasteiger partial charge in [-0.3, -0.25) is 52.7 Å². The van der Waals surface area contributed by atoms with Gasteiger partial charge in [-0.1, -0.05) is 109 Å². The lowest BCUT2D eigenvalue weighted by molar-refractivity contribution is -0.157. The first-order valence-electron chi connectivity index (χ1n) is 31.0. The lowest BCUT2D eigenvalue weighted by atomic mass is 9.91. The maximum Gasteiger partial charge on any atom is 0.246 e. The molecule has 492 valence electrons. The molecule has 1 fully saturated rings. The Morgan fingerprint density at radius 2 is 0.802 bits per heavy atom. The molecule has 11 amide bonds. The standard InChI is InChI=1S/C63H113N11O12/c1-26-28-29-41(15)53(76)52-56(79)66-44(27-2)58(81)67(18)34-49(75)68(19)46(31-36(5)6)60(83)72(23)50(39(11)12)62(85)69(20)45(30-35(3)4)55(78)64-42(16)54(77)65-43(17)57(80)70(21)47(32-37(7)8)59(82)71(22)48(33-38(9)10)61(84)73(24)51(40(13)14)63(86)74(52)25/h26,28,35-48,50-53,76H,27,29-34H2,1-25H3,(H,64,78)(H,65,77)(H,66,79)/b28-26+/t41-,42+,43-,44+,45+,46+,47+,48+,50-,51+,52?,53-/m1/s1. The highest BCUT2D eigenvalue weighted by atomic mass is 16.3. The Hall–Kier alpha value is -6.13. The van der Waals surface area contributed by atoms with Crippen molar-refractivity contribution in [1.82, 2.24) is 55.1 Å². The minimum atomic E-state index is -1.61. The summed E-state index contributed by atoms with van der Waals surface area (Å²) in [4.78, 5) is 171. The highest BCUT2D eigenvalue weighted by molar-refractivity contribution is 5.99. The van der Waals surface area contributed by atoms with Gasteiger partial charge < -0.3 is 60.3 Å². The first kappa shape index (κ1) is 77.9. The fourth-order valence-electron chi connectivity index (χ4n) is 11.2. The molecule has 1 aliphatic heterocycles. The van der Waals surface area contributed by atoms with E-state index in [1.54, 1.807) is 54.5 Å². The van der Waals surface area contributed by atoms with E-state index < -0.39 is 156 Å². The average molecular weight is 1220 g/mol. The van der Waals surface area contributed by atoms with E-state index in [2.05, 4.69) is 16.0 Å². The van der Waals surface area contributed by atoms with Crippen LogP contribution in [-0.4, -0.2) is 239 Å². The van der Waals surface area contributed by atoms with Gasteiger partial charge in [0.05, 0.1) is 12.6 Å². The van der Waals surface area contributed by atoms with Crippen LogP contribution in [0.3, 0.4) is 0 Å². The summed E-state index contributed by atoms with van der Waals surface area (Å²) in [6, 6.07) is -12.3. The fourth-order valence-corrected chi connectivity index (χ4v) is 11.2. The molecule has 12 atom stereocenters. The molecule has 23 heteroatoms. The van der Waals surface area contributed by atoms with E-state index in [-0.39, 0.29) is 55.8 Å². The smallest absolute Gasteiger partial charge is 0.246 e. The lowest BCUT2D eigenvalue weighted by Crippen LogP contribution is -2.63. The molecule has 4 N–H and O–H groups in total. The Bertz CT molecular complexity index is 2360. The van der Waals surface area contributed by atoms with Crippen molar-refractivity contribution in [2.45, 2.75) is 223 Å². The van der Waals surface area contributed by atoms with Crippen molar-refractivity contribution in [3.8, 4) is 0 Å². The van der Waals surface area contributed by atoms with Crippen molar-refractivity contribution in [2.75, 3.05) is 62.9 Å². The van der Waals surface area contributed by atoms with Crippen molar-refractivity contribution in [3.63, 3.8) is 0 Å². The molecular weight excluding hydrogens is 1100 g/mol. The Morgan fingerprint density at radius 3 is 1.21 bits per heavy atom. The zero-order chi connectivity index (χ0) is 66.8. The summed E-state index contributed by atoms with van der Waals surface area (Å²) in [5, 5.41) is 20.3. The van der Waals surface area contributed by atoms with Gasteiger partial charge in [0, 0.05) is 56.4 Å². The molecule has 0 spiro atoms. The summed E-state index contributed by atoms with van der Waals surface area (Å²) in [5.41, 5.74) is 0. The molecule has 86 heavy (non-hydrogen) atoms. The molecule has 0 aromatic carbocycles. The van der Waals surface area contributed by atoms with E-state index in [0.717, 1.165) is 9.80 Å². The first-order valence-corrected chi connectivity index (χ1v) is 31.0. The molecule has 0 aliphatic carbocycles. The minimum Gasteiger partial charge on any atom is -0.390 e. The second-order valence-corrected chi connectivity index (χ2v) is 26.5. The summed E-state index contributed by atoms with van der Waals surface area (Å²) in [6.45, 7) is 29.5. The number of nitrogens with one attached hydrogen (secondary N) is 3. The largest absolute Gasteiger partial charge is 0.390 e. The van der Waals surface area contributed by atoms with Gasteiger partial charge in [0.1, 0.15) is 60.4 Å². The Balaban J connectivity index is 4.37. The molecule has 0 bridgehead atoms. The Kier molecular flexibility index (Phi) is 31.7. The van der Waals surface area contributed by atoms with Crippen LogP contribution in [-0.2, 0) is 52.7 Å². The van der Waals surface area contributed by atoms with Crippen molar-refractivity contribution in [3.05, 3.63) is 12.2 Å². The van der Waals surface area contributed by atoms with Crippen LogP contribution in [0.4, 0.5) is 0 Å². The first-order chi connectivity index (χ1) is 39.6. The highest BCUT2D eigenvalue weighted by Gasteiger charge is 2.46. The number of allylic oxidation sites excluding steroid dienone is 2. The number of aliphatic hydroxyl groups excluding tert-OH is 1. The third-order valence-corrected chi connectivity index (χ3v) is 16.5. The predicted octanol–water partition coefficient (Wildman–Crippen LogP) is 3.61. The van der Waals surface area contributed by atoms with Crippen LogP contribution in [0, 0.1) is 41.4 Å². The molecule has 1 heterocycles. The zero-order valence-corrected chi connectivity index (χ0v) is 57.0. The van der Waals surface area contributed by atoms with Crippen LogP contribution >= 0.6 is 0 Å². The van der Waals surface area contributed by atoms with Crippen molar-refractivity contribution >= 4 is 65.0 Å². The number of nitrogens with zero attached hydrogens (tertiary/aromatic N) is 8. The van der Waals surface area contributed by atoms with Gasteiger partial charge >= 0.3 is 0 Å². The Labute approximate surface area is 515 Å². The maximum absolute atomic E-state index is 15.2. The summed E-state index contributed by atoms with van der Waals surface area (Å²) in [5.74, 6) is -9.54. The van der Waals surface area contributed by atoms with Gasteiger partial charge in [-0.05, 0) is 101 Å². The van der Waals surface area contributed by atoms with Crippen LogP contribution in [0.2, 0.25) is 0 Å².